The normalized spacial score (nSPS) is 10.1. The number of benzene rings is 3. The second-order valence-corrected chi connectivity index (χ2v) is 6.75. The number of anilines is 1. The van der Waals surface area contributed by atoms with Crippen molar-refractivity contribution in [2.24, 2.45) is 0 Å². The van der Waals surface area contributed by atoms with Gasteiger partial charge in [-0.2, -0.15) is 0 Å². The maximum Gasteiger partial charge on any atom is 0.273 e. The molecule has 3 rings (SSSR count). The lowest BCUT2D eigenvalue weighted by molar-refractivity contribution is -0.114. The lowest BCUT2D eigenvalue weighted by Gasteiger charge is -2.12. The van der Waals surface area contributed by atoms with Crippen LogP contribution in [0.1, 0.15) is 33.2 Å². The van der Waals surface area contributed by atoms with E-state index in [1.165, 1.54) is 6.92 Å². The summed E-state index contributed by atoms with van der Waals surface area (Å²) >= 11 is 0. The molecule has 7 nitrogen and oxygen atoms in total. The first-order valence-electron chi connectivity index (χ1n) is 9.77. The van der Waals surface area contributed by atoms with Gasteiger partial charge in [0.1, 0.15) is 5.75 Å². The van der Waals surface area contributed by atoms with Crippen LogP contribution < -0.4 is 20.9 Å². The Morgan fingerprint density at radius 1 is 0.774 bits per heavy atom. The lowest BCUT2D eigenvalue weighted by atomic mass is 10.1. The van der Waals surface area contributed by atoms with Crippen LogP contribution in [0.3, 0.4) is 0 Å². The molecular weight excluding hydrogens is 394 g/mol. The number of ether oxygens (including phenoxy) is 1. The summed E-state index contributed by atoms with van der Waals surface area (Å²) in [6.45, 7) is 1.82. The van der Waals surface area contributed by atoms with Gasteiger partial charge in [0.05, 0.1) is 12.2 Å². The van der Waals surface area contributed by atoms with Crippen LogP contribution in [0.2, 0.25) is 0 Å². The van der Waals surface area contributed by atoms with Crippen LogP contribution in [-0.4, -0.2) is 24.3 Å². The van der Waals surface area contributed by atoms with Gasteiger partial charge in [-0.05, 0) is 42.0 Å². The van der Waals surface area contributed by atoms with E-state index in [2.05, 4.69) is 16.2 Å². The molecule has 0 heterocycles. The fraction of sp³-hybridized carbons (Fsp3) is 0.125. The zero-order valence-corrected chi connectivity index (χ0v) is 17.1. The zero-order valence-electron chi connectivity index (χ0n) is 17.1. The van der Waals surface area contributed by atoms with Gasteiger partial charge in [-0.1, -0.05) is 42.5 Å². The van der Waals surface area contributed by atoms with E-state index >= 15 is 0 Å². The second kappa shape index (κ2) is 10.6. The van der Waals surface area contributed by atoms with Crippen molar-refractivity contribution in [1.29, 1.82) is 0 Å². The fourth-order valence-electron chi connectivity index (χ4n) is 2.86. The van der Waals surface area contributed by atoms with Gasteiger partial charge in [-0.25, -0.2) is 0 Å². The predicted octanol–water partition coefficient (Wildman–Crippen LogP) is 3.34. The Balaban J connectivity index is 1.55. The molecule has 0 bridgehead atoms. The number of amides is 3. The number of carbonyl (C=O) groups excluding carboxylic acids is 3. The van der Waals surface area contributed by atoms with E-state index < -0.39 is 11.8 Å². The van der Waals surface area contributed by atoms with Gasteiger partial charge in [0, 0.05) is 24.6 Å². The number of nitrogens with one attached hydrogen (secondary N) is 3. The molecule has 0 atom stereocenters. The predicted molar refractivity (Wildman–Crippen MR) is 118 cm³/mol. The Bertz CT molecular complexity index is 1050. The first kappa shape index (κ1) is 21.6. The zero-order chi connectivity index (χ0) is 22.1. The third kappa shape index (κ3) is 6.43. The summed E-state index contributed by atoms with van der Waals surface area (Å²) < 4.78 is 5.79. The molecule has 0 saturated heterocycles. The SMILES string of the molecule is CC(=O)Nc1ccc(C(=O)NNC(=O)c2ccccc2OCCc2ccccc2)cc1. The van der Waals surface area contributed by atoms with E-state index in [0.29, 0.717) is 35.6 Å². The molecule has 3 aromatic carbocycles. The highest BCUT2D eigenvalue weighted by molar-refractivity contribution is 6.00. The quantitative estimate of drug-likeness (QED) is 0.514. The maximum absolute atomic E-state index is 12.6. The van der Waals surface area contributed by atoms with Gasteiger partial charge in [0.15, 0.2) is 0 Å². The molecule has 3 aromatic rings. The molecule has 0 spiro atoms. The van der Waals surface area contributed by atoms with Crippen molar-refractivity contribution in [3.8, 4) is 5.75 Å². The van der Waals surface area contributed by atoms with Crippen LogP contribution in [0, 0.1) is 0 Å². The third-order valence-electron chi connectivity index (χ3n) is 4.38. The van der Waals surface area contributed by atoms with Crippen molar-refractivity contribution in [3.05, 3.63) is 95.6 Å². The number of rotatable bonds is 7. The Kier molecular flexibility index (Phi) is 7.37. The van der Waals surface area contributed by atoms with Crippen molar-refractivity contribution in [2.75, 3.05) is 11.9 Å². The largest absolute Gasteiger partial charge is 0.492 e. The van der Waals surface area contributed by atoms with Gasteiger partial charge in [-0.3, -0.25) is 25.2 Å². The summed E-state index contributed by atoms with van der Waals surface area (Å²) in [6.07, 6.45) is 0.710. The minimum atomic E-state index is -0.487. The number of carbonyl (C=O) groups is 3. The summed E-state index contributed by atoms with van der Waals surface area (Å²) in [5.74, 6) is -0.734. The molecule has 0 aromatic heterocycles. The molecule has 31 heavy (non-hydrogen) atoms. The average molecular weight is 417 g/mol. The molecule has 0 aliphatic carbocycles. The molecular formula is C24H23N3O4. The van der Waals surface area contributed by atoms with Crippen molar-refractivity contribution < 1.29 is 19.1 Å². The van der Waals surface area contributed by atoms with Crippen LogP contribution in [-0.2, 0) is 11.2 Å². The summed E-state index contributed by atoms with van der Waals surface area (Å²) in [4.78, 5) is 35.9. The summed E-state index contributed by atoms with van der Waals surface area (Å²) in [7, 11) is 0. The summed E-state index contributed by atoms with van der Waals surface area (Å²) in [5.41, 5.74) is 7.16. The van der Waals surface area contributed by atoms with Gasteiger partial charge in [-0.15, -0.1) is 0 Å². The topological polar surface area (TPSA) is 96.5 Å². The molecule has 0 radical (unpaired) electrons. The highest BCUT2D eigenvalue weighted by Crippen LogP contribution is 2.18. The van der Waals surface area contributed by atoms with Crippen LogP contribution >= 0.6 is 0 Å². The lowest BCUT2D eigenvalue weighted by Crippen LogP contribution is -2.41. The minimum absolute atomic E-state index is 0.200. The third-order valence-corrected chi connectivity index (χ3v) is 4.38. The molecule has 3 amide bonds. The van der Waals surface area contributed by atoms with Crippen molar-refractivity contribution in [2.45, 2.75) is 13.3 Å². The van der Waals surface area contributed by atoms with Crippen LogP contribution in [0.15, 0.2) is 78.9 Å². The molecule has 0 saturated carbocycles. The first-order chi connectivity index (χ1) is 15.0. The van der Waals surface area contributed by atoms with E-state index in [-0.39, 0.29) is 5.91 Å². The van der Waals surface area contributed by atoms with E-state index in [4.69, 9.17) is 4.74 Å². The molecule has 3 N–H and O–H groups in total. The van der Waals surface area contributed by atoms with Crippen molar-refractivity contribution in [1.82, 2.24) is 10.9 Å². The molecule has 0 unspecified atom stereocenters. The van der Waals surface area contributed by atoms with Crippen LogP contribution in [0.5, 0.6) is 5.75 Å². The van der Waals surface area contributed by atoms with Crippen molar-refractivity contribution >= 4 is 23.4 Å². The summed E-state index contributed by atoms with van der Waals surface area (Å²) in [6, 6.07) is 23.1. The van der Waals surface area contributed by atoms with Gasteiger partial charge >= 0.3 is 0 Å². The maximum atomic E-state index is 12.6. The first-order valence-corrected chi connectivity index (χ1v) is 9.77. The van der Waals surface area contributed by atoms with E-state index in [1.54, 1.807) is 48.5 Å². The van der Waals surface area contributed by atoms with E-state index in [1.807, 2.05) is 30.3 Å². The van der Waals surface area contributed by atoms with Gasteiger partial charge in [0.2, 0.25) is 5.91 Å². The van der Waals surface area contributed by atoms with Gasteiger partial charge < -0.3 is 10.1 Å². The highest BCUT2D eigenvalue weighted by Gasteiger charge is 2.14. The Labute approximate surface area is 180 Å². The fourth-order valence-corrected chi connectivity index (χ4v) is 2.86. The molecule has 0 aliphatic rings. The average Bonchev–Trinajstić information content (AvgIpc) is 2.78. The Morgan fingerprint density at radius 2 is 1.42 bits per heavy atom. The van der Waals surface area contributed by atoms with Crippen molar-refractivity contribution in [3.63, 3.8) is 0 Å². The molecule has 7 heteroatoms. The standard InChI is InChI=1S/C24H23N3O4/c1-17(28)25-20-13-11-19(12-14-20)23(29)26-27-24(30)21-9-5-6-10-22(21)31-16-15-18-7-3-2-4-8-18/h2-14H,15-16H2,1H3,(H,25,28)(H,26,29)(H,27,30). The minimum Gasteiger partial charge on any atom is -0.492 e. The van der Waals surface area contributed by atoms with E-state index in [0.717, 1.165) is 5.56 Å². The smallest absolute Gasteiger partial charge is 0.273 e. The summed E-state index contributed by atoms with van der Waals surface area (Å²) in [5, 5.41) is 2.62. The highest BCUT2D eigenvalue weighted by atomic mass is 16.5. The van der Waals surface area contributed by atoms with E-state index in [9.17, 15) is 14.4 Å². The number of hydrogen-bond donors (Lipinski definition) is 3. The number of hydrogen-bond acceptors (Lipinski definition) is 4. The van der Waals surface area contributed by atoms with Gasteiger partial charge in [0.25, 0.3) is 11.8 Å². The monoisotopic (exact) mass is 417 g/mol. The Morgan fingerprint density at radius 3 is 2.13 bits per heavy atom. The van der Waals surface area contributed by atoms with Crippen LogP contribution in [0.25, 0.3) is 0 Å². The van der Waals surface area contributed by atoms with Crippen LogP contribution in [0.4, 0.5) is 5.69 Å². The molecule has 158 valence electrons. The molecule has 0 aliphatic heterocycles. The molecule has 0 fully saturated rings. The number of hydrazine groups is 1. The number of para-hydroxylation sites is 1. The second-order valence-electron chi connectivity index (χ2n) is 6.75. The Hall–Kier alpha value is -4.13.